The Hall–Kier alpha value is -3.40. The maximum Gasteiger partial charge on any atom is 0.294 e. The van der Waals surface area contributed by atoms with Gasteiger partial charge in [0.25, 0.3) is 11.1 Å². The molecule has 0 spiro atoms. The van der Waals surface area contributed by atoms with Gasteiger partial charge in [0, 0.05) is 43.4 Å². The molecule has 1 saturated heterocycles. The van der Waals surface area contributed by atoms with Crippen LogP contribution in [0.4, 0.5) is 14.9 Å². The van der Waals surface area contributed by atoms with Crippen molar-refractivity contribution in [1.29, 1.82) is 0 Å². The standard InChI is InChI=1S/C27H18BrClFN3O3S/c28-17-8-10-18(11-9-17)31-25(34)15-33-26(35)24(37-27(33)36)12-16-13-32(23-7-2-1-4-19(16)23)14-20-21(29)5-3-6-22(20)30/h1-13H,14-15H2,(H,31,34)/b24-12+. The van der Waals surface area contributed by atoms with Gasteiger partial charge in [-0.2, -0.15) is 0 Å². The second kappa shape index (κ2) is 10.5. The molecule has 1 fully saturated rings. The summed E-state index contributed by atoms with van der Waals surface area (Å²) in [5, 5.41) is 3.31. The molecule has 37 heavy (non-hydrogen) atoms. The fourth-order valence-corrected chi connectivity index (χ4v) is 5.35. The average Bonchev–Trinajstić information content (AvgIpc) is 3.35. The minimum Gasteiger partial charge on any atom is -0.342 e. The van der Waals surface area contributed by atoms with Crippen molar-refractivity contribution >= 4 is 79.0 Å². The minimum absolute atomic E-state index is 0.192. The Morgan fingerprint density at radius 2 is 1.81 bits per heavy atom. The first-order chi connectivity index (χ1) is 17.8. The molecule has 3 amide bonds. The number of halogens is 3. The number of carbonyl (C=O) groups is 3. The van der Waals surface area contributed by atoms with Crippen molar-refractivity contribution in [3.05, 3.63) is 104 Å². The first kappa shape index (κ1) is 25.3. The summed E-state index contributed by atoms with van der Waals surface area (Å²) < 4.78 is 17.1. The van der Waals surface area contributed by atoms with Crippen LogP contribution >= 0.6 is 39.3 Å². The molecule has 0 radical (unpaired) electrons. The Morgan fingerprint density at radius 1 is 1.05 bits per heavy atom. The number of nitrogens with zero attached hydrogens (tertiary/aromatic N) is 2. The van der Waals surface area contributed by atoms with E-state index in [0.717, 1.165) is 32.0 Å². The third-order valence-corrected chi connectivity index (χ3v) is 7.59. The number of imide groups is 1. The number of para-hydroxylation sites is 1. The lowest BCUT2D eigenvalue weighted by Gasteiger charge is -2.12. The topological polar surface area (TPSA) is 71.4 Å². The molecule has 5 rings (SSSR count). The van der Waals surface area contributed by atoms with Gasteiger partial charge in [0.2, 0.25) is 5.91 Å². The molecule has 186 valence electrons. The maximum atomic E-state index is 14.4. The molecule has 1 N–H and O–H groups in total. The largest absolute Gasteiger partial charge is 0.342 e. The molecule has 4 aromatic rings. The molecule has 1 aliphatic heterocycles. The van der Waals surface area contributed by atoms with Crippen LogP contribution in [0.3, 0.4) is 0 Å². The summed E-state index contributed by atoms with van der Waals surface area (Å²) in [5.74, 6) is -1.44. The minimum atomic E-state index is -0.546. The van der Waals surface area contributed by atoms with Crippen LogP contribution in [0, 0.1) is 5.82 Å². The van der Waals surface area contributed by atoms with Gasteiger partial charge in [-0.05, 0) is 60.3 Å². The fraction of sp³-hybridized carbons (Fsp3) is 0.0741. The van der Waals surface area contributed by atoms with Gasteiger partial charge in [-0.3, -0.25) is 19.3 Å². The van der Waals surface area contributed by atoms with Crippen LogP contribution in [-0.4, -0.2) is 33.1 Å². The van der Waals surface area contributed by atoms with Crippen LogP contribution in [0.15, 0.2) is 82.3 Å². The van der Waals surface area contributed by atoms with Crippen molar-refractivity contribution in [3.63, 3.8) is 0 Å². The Bertz CT molecular complexity index is 1570. The molecule has 0 bridgehead atoms. The highest BCUT2D eigenvalue weighted by Gasteiger charge is 2.36. The number of thioether (sulfide) groups is 1. The summed E-state index contributed by atoms with van der Waals surface area (Å²) >= 11 is 10.3. The van der Waals surface area contributed by atoms with Gasteiger partial charge in [0.1, 0.15) is 12.4 Å². The molecular weight excluding hydrogens is 581 g/mol. The number of rotatable bonds is 6. The van der Waals surface area contributed by atoms with Crippen molar-refractivity contribution in [2.45, 2.75) is 6.54 Å². The first-order valence-corrected chi connectivity index (χ1v) is 13.1. The smallest absolute Gasteiger partial charge is 0.294 e. The third kappa shape index (κ3) is 5.34. The van der Waals surface area contributed by atoms with E-state index in [9.17, 15) is 18.8 Å². The number of anilines is 1. The van der Waals surface area contributed by atoms with Gasteiger partial charge in [0.15, 0.2) is 0 Å². The van der Waals surface area contributed by atoms with Crippen LogP contribution in [-0.2, 0) is 16.1 Å². The average molecular weight is 599 g/mol. The van der Waals surface area contributed by atoms with E-state index in [-0.39, 0.29) is 11.4 Å². The maximum absolute atomic E-state index is 14.4. The van der Waals surface area contributed by atoms with Gasteiger partial charge in [0.05, 0.1) is 11.4 Å². The van der Waals surface area contributed by atoms with E-state index >= 15 is 0 Å². The number of amides is 3. The van der Waals surface area contributed by atoms with E-state index in [1.54, 1.807) is 48.7 Å². The molecule has 10 heteroatoms. The number of fused-ring (bicyclic) bond motifs is 1. The van der Waals surface area contributed by atoms with Crippen molar-refractivity contribution < 1.29 is 18.8 Å². The highest BCUT2D eigenvalue weighted by Crippen LogP contribution is 2.34. The summed E-state index contributed by atoms with van der Waals surface area (Å²) in [6.07, 6.45) is 3.42. The lowest BCUT2D eigenvalue weighted by Crippen LogP contribution is -2.36. The van der Waals surface area contributed by atoms with Crippen LogP contribution in [0.25, 0.3) is 17.0 Å². The zero-order valence-electron chi connectivity index (χ0n) is 19.1. The van der Waals surface area contributed by atoms with Crippen LogP contribution < -0.4 is 5.32 Å². The van der Waals surface area contributed by atoms with E-state index in [2.05, 4.69) is 21.2 Å². The monoisotopic (exact) mass is 597 g/mol. The fourth-order valence-electron chi connectivity index (χ4n) is 4.03. The molecule has 1 aliphatic rings. The predicted octanol–water partition coefficient (Wildman–Crippen LogP) is 6.92. The van der Waals surface area contributed by atoms with E-state index in [0.29, 0.717) is 21.8 Å². The second-order valence-electron chi connectivity index (χ2n) is 8.25. The highest BCUT2D eigenvalue weighted by molar-refractivity contribution is 9.10. The number of nitrogens with one attached hydrogen (secondary N) is 1. The number of hydrogen-bond acceptors (Lipinski definition) is 4. The van der Waals surface area contributed by atoms with Gasteiger partial charge in [-0.1, -0.05) is 51.8 Å². The van der Waals surface area contributed by atoms with Crippen molar-refractivity contribution in [2.75, 3.05) is 11.9 Å². The van der Waals surface area contributed by atoms with E-state index in [1.807, 2.05) is 28.8 Å². The van der Waals surface area contributed by atoms with E-state index in [1.165, 1.54) is 6.07 Å². The van der Waals surface area contributed by atoms with Crippen molar-refractivity contribution in [3.8, 4) is 0 Å². The van der Waals surface area contributed by atoms with Crippen LogP contribution in [0.2, 0.25) is 5.02 Å². The molecule has 0 unspecified atom stereocenters. The summed E-state index contributed by atoms with van der Waals surface area (Å²) in [4.78, 5) is 39.2. The van der Waals surface area contributed by atoms with Crippen molar-refractivity contribution in [2.24, 2.45) is 0 Å². The van der Waals surface area contributed by atoms with Crippen molar-refractivity contribution in [1.82, 2.24) is 9.47 Å². The Morgan fingerprint density at radius 3 is 2.57 bits per heavy atom. The summed E-state index contributed by atoms with van der Waals surface area (Å²) in [7, 11) is 0. The number of carbonyl (C=O) groups excluding carboxylic acids is 3. The van der Waals surface area contributed by atoms with Crippen LogP contribution in [0.1, 0.15) is 11.1 Å². The Balaban J connectivity index is 1.39. The summed E-state index contributed by atoms with van der Waals surface area (Å²) in [6.45, 7) is -0.205. The molecule has 3 aromatic carbocycles. The highest BCUT2D eigenvalue weighted by atomic mass is 79.9. The zero-order chi connectivity index (χ0) is 26.1. The van der Waals surface area contributed by atoms with Gasteiger partial charge in [-0.25, -0.2) is 4.39 Å². The Labute approximate surface area is 229 Å². The van der Waals surface area contributed by atoms with Gasteiger partial charge >= 0.3 is 0 Å². The van der Waals surface area contributed by atoms with Gasteiger partial charge in [-0.15, -0.1) is 0 Å². The number of hydrogen-bond donors (Lipinski definition) is 1. The lowest BCUT2D eigenvalue weighted by atomic mass is 10.1. The molecule has 0 aliphatic carbocycles. The molecule has 6 nitrogen and oxygen atoms in total. The zero-order valence-corrected chi connectivity index (χ0v) is 22.2. The third-order valence-electron chi connectivity index (χ3n) is 5.80. The first-order valence-electron chi connectivity index (χ1n) is 11.1. The molecule has 0 saturated carbocycles. The SMILES string of the molecule is O=C(CN1C(=O)S/C(=C/c2cn(Cc3c(F)cccc3Cl)c3ccccc23)C1=O)Nc1ccc(Br)cc1. The summed E-state index contributed by atoms with van der Waals surface area (Å²) in [5.41, 5.74) is 2.42. The molecule has 1 aromatic heterocycles. The molecule has 0 atom stereocenters. The van der Waals surface area contributed by atoms with E-state index in [4.69, 9.17) is 11.6 Å². The summed E-state index contributed by atoms with van der Waals surface area (Å²) in [6, 6.07) is 19.0. The van der Waals surface area contributed by atoms with Crippen LogP contribution in [0.5, 0.6) is 0 Å². The second-order valence-corrected chi connectivity index (χ2v) is 10.6. The number of aromatic nitrogens is 1. The lowest BCUT2D eigenvalue weighted by molar-refractivity contribution is -0.127. The van der Waals surface area contributed by atoms with Gasteiger partial charge < -0.3 is 9.88 Å². The molecule has 2 heterocycles. The van der Waals surface area contributed by atoms with E-state index < -0.39 is 29.4 Å². The normalized spacial score (nSPS) is 14.7. The predicted molar refractivity (Wildman–Crippen MR) is 148 cm³/mol. The number of benzene rings is 3. The Kier molecular flexibility index (Phi) is 7.19. The molecular formula is C27H18BrClFN3O3S. The quantitative estimate of drug-likeness (QED) is 0.245.